The first kappa shape index (κ1) is 13.1. The first-order chi connectivity index (χ1) is 9.19. The fourth-order valence-corrected chi connectivity index (χ4v) is 1.71. The summed E-state index contributed by atoms with van der Waals surface area (Å²) in [6.45, 7) is 2.70. The van der Waals surface area contributed by atoms with E-state index < -0.39 is 0 Å². The number of rotatable bonds is 4. The number of nitrogens with one attached hydrogen (secondary N) is 1. The molecule has 96 valence electrons. The molecule has 1 N–H and O–H groups in total. The highest BCUT2D eigenvalue weighted by molar-refractivity contribution is 5.33. The molecule has 0 aliphatic rings. The van der Waals surface area contributed by atoms with Crippen molar-refractivity contribution >= 4 is 0 Å². The van der Waals surface area contributed by atoms with E-state index in [2.05, 4.69) is 15.3 Å². The normalized spacial score (nSPS) is 10.2. The maximum atomic E-state index is 13.5. The molecule has 2 aromatic rings. The summed E-state index contributed by atoms with van der Waals surface area (Å²) in [6, 6.07) is 8.13. The number of aromatic nitrogens is 2. The van der Waals surface area contributed by atoms with Gasteiger partial charge in [-0.25, -0.2) is 14.4 Å². The van der Waals surface area contributed by atoms with Crippen molar-refractivity contribution in [3.63, 3.8) is 0 Å². The SMILES string of the molecule is Cc1nccc(CNCc2cc(C#N)ccc2F)n1. The topological polar surface area (TPSA) is 61.6 Å². The zero-order valence-electron chi connectivity index (χ0n) is 10.5. The van der Waals surface area contributed by atoms with Gasteiger partial charge in [-0.1, -0.05) is 0 Å². The summed E-state index contributed by atoms with van der Waals surface area (Å²) in [4.78, 5) is 8.25. The molecule has 1 aromatic heterocycles. The second-order valence-electron chi connectivity index (χ2n) is 4.12. The van der Waals surface area contributed by atoms with Crippen molar-refractivity contribution in [2.45, 2.75) is 20.0 Å². The second-order valence-corrected chi connectivity index (χ2v) is 4.12. The van der Waals surface area contributed by atoms with E-state index in [1.165, 1.54) is 12.1 Å². The summed E-state index contributed by atoms with van der Waals surface area (Å²) in [5.41, 5.74) is 1.78. The van der Waals surface area contributed by atoms with Crippen LogP contribution in [0.1, 0.15) is 22.6 Å². The molecule has 0 unspecified atom stereocenters. The lowest BCUT2D eigenvalue weighted by molar-refractivity contribution is 0.585. The van der Waals surface area contributed by atoms with Gasteiger partial charge in [0.2, 0.25) is 0 Å². The van der Waals surface area contributed by atoms with Gasteiger partial charge in [-0.05, 0) is 31.2 Å². The Morgan fingerprint density at radius 3 is 2.89 bits per heavy atom. The molecule has 0 fully saturated rings. The van der Waals surface area contributed by atoms with Crippen LogP contribution in [-0.4, -0.2) is 9.97 Å². The standard InChI is InChI=1S/C14H13FN4/c1-10-18-5-4-13(19-10)9-17-8-12-6-11(7-16)2-3-14(12)15/h2-6,17H,8-9H2,1H3. The highest BCUT2D eigenvalue weighted by Gasteiger charge is 2.03. The van der Waals surface area contributed by atoms with Crippen LogP contribution in [0.5, 0.6) is 0 Å². The molecule has 19 heavy (non-hydrogen) atoms. The van der Waals surface area contributed by atoms with Gasteiger partial charge in [-0.15, -0.1) is 0 Å². The van der Waals surface area contributed by atoms with E-state index in [-0.39, 0.29) is 5.82 Å². The van der Waals surface area contributed by atoms with Crippen LogP contribution in [0.3, 0.4) is 0 Å². The first-order valence-corrected chi connectivity index (χ1v) is 5.87. The molecule has 1 aromatic carbocycles. The Hall–Kier alpha value is -2.32. The molecule has 0 radical (unpaired) electrons. The predicted molar refractivity (Wildman–Crippen MR) is 68.4 cm³/mol. The molecule has 0 amide bonds. The van der Waals surface area contributed by atoms with Crippen molar-refractivity contribution in [1.29, 1.82) is 5.26 Å². The Bertz CT molecular complexity index is 619. The van der Waals surface area contributed by atoms with Gasteiger partial charge in [-0.2, -0.15) is 5.26 Å². The predicted octanol–water partition coefficient (Wildman–Crippen LogP) is 2.09. The molecule has 0 aliphatic heterocycles. The number of nitriles is 1. The fraction of sp³-hybridized carbons (Fsp3) is 0.214. The third-order valence-corrected chi connectivity index (χ3v) is 2.63. The van der Waals surface area contributed by atoms with Crippen LogP contribution in [0, 0.1) is 24.1 Å². The lowest BCUT2D eigenvalue weighted by Gasteiger charge is -2.06. The quantitative estimate of drug-likeness (QED) is 0.909. The average molecular weight is 256 g/mol. The first-order valence-electron chi connectivity index (χ1n) is 5.87. The van der Waals surface area contributed by atoms with E-state index in [4.69, 9.17) is 5.26 Å². The zero-order valence-corrected chi connectivity index (χ0v) is 10.5. The Morgan fingerprint density at radius 2 is 2.16 bits per heavy atom. The number of aryl methyl sites for hydroxylation is 1. The maximum absolute atomic E-state index is 13.5. The lowest BCUT2D eigenvalue weighted by atomic mass is 10.1. The van der Waals surface area contributed by atoms with E-state index >= 15 is 0 Å². The molecular formula is C14H13FN4. The summed E-state index contributed by atoms with van der Waals surface area (Å²) in [6.07, 6.45) is 1.69. The molecule has 0 bridgehead atoms. The van der Waals surface area contributed by atoms with Gasteiger partial charge in [0, 0.05) is 24.8 Å². The van der Waals surface area contributed by atoms with Gasteiger partial charge in [0.1, 0.15) is 11.6 Å². The van der Waals surface area contributed by atoms with Gasteiger partial charge in [-0.3, -0.25) is 0 Å². The monoisotopic (exact) mass is 256 g/mol. The van der Waals surface area contributed by atoms with Crippen LogP contribution in [-0.2, 0) is 13.1 Å². The Kier molecular flexibility index (Phi) is 4.16. The molecule has 0 saturated heterocycles. The van der Waals surface area contributed by atoms with E-state index in [0.29, 0.717) is 30.0 Å². The van der Waals surface area contributed by atoms with Gasteiger partial charge < -0.3 is 5.32 Å². The number of hydrogen-bond donors (Lipinski definition) is 1. The van der Waals surface area contributed by atoms with Crippen LogP contribution < -0.4 is 5.32 Å². The van der Waals surface area contributed by atoms with Crippen molar-refractivity contribution in [2.75, 3.05) is 0 Å². The highest BCUT2D eigenvalue weighted by atomic mass is 19.1. The molecule has 0 saturated carbocycles. The van der Waals surface area contributed by atoms with E-state index in [0.717, 1.165) is 5.69 Å². The van der Waals surface area contributed by atoms with Crippen LogP contribution >= 0.6 is 0 Å². The number of hydrogen-bond acceptors (Lipinski definition) is 4. The molecule has 1 heterocycles. The van der Waals surface area contributed by atoms with E-state index in [1.54, 1.807) is 12.3 Å². The summed E-state index contributed by atoms with van der Waals surface area (Å²) in [7, 11) is 0. The summed E-state index contributed by atoms with van der Waals surface area (Å²) >= 11 is 0. The van der Waals surface area contributed by atoms with Gasteiger partial charge >= 0.3 is 0 Å². The van der Waals surface area contributed by atoms with Gasteiger partial charge in [0.15, 0.2) is 0 Å². The largest absolute Gasteiger partial charge is 0.307 e. The summed E-state index contributed by atoms with van der Waals surface area (Å²) in [5.74, 6) is 0.391. The summed E-state index contributed by atoms with van der Waals surface area (Å²) in [5, 5.41) is 11.9. The van der Waals surface area contributed by atoms with Crippen LogP contribution in [0.25, 0.3) is 0 Å². The highest BCUT2D eigenvalue weighted by Crippen LogP contribution is 2.10. The minimum Gasteiger partial charge on any atom is -0.307 e. The Morgan fingerprint density at radius 1 is 1.32 bits per heavy atom. The molecule has 0 spiro atoms. The second kappa shape index (κ2) is 6.03. The molecule has 0 aliphatic carbocycles. The van der Waals surface area contributed by atoms with Crippen molar-refractivity contribution in [3.05, 3.63) is 58.9 Å². The third kappa shape index (κ3) is 3.57. The van der Waals surface area contributed by atoms with Crippen LogP contribution in [0.2, 0.25) is 0 Å². The fourth-order valence-electron chi connectivity index (χ4n) is 1.71. The van der Waals surface area contributed by atoms with E-state index in [9.17, 15) is 4.39 Å². The Balaban J connectivity index is 1.98. The number of halogens is 1. The average Bonchev–Trinajstić information content (AvgIpc) is 2.41. The van der Waals surface area contributed by atoms with Gasteiger partial charge in [0.25, 0.3) is 0 Å². The van der Waals surface area contributed by atoms with Crippen LogP contribution in [0.15, 0.2) is 30.5 Å². The minimum atomic E-state index is -0.314. The van der Waals surface area contributed by atoms with Crippen LogP contribution in [0.4, 0.5) is 4.39 Å². The smallest absolute Gasteiger partial charge is 0.127 e. The molecule has 5 heteroatoms. The molecule has 0 atom stereocenters. The van der Waals surface area contributed by atoms with Crippen molar-refractivity contribution in [2.24, 2.45) is 0 Å². The number of benzene rings is 1. The lowest BCUT2D eigenvalue weighted by Crippen LogP contribution is -2.15. The zero-order chi connectivity index (χ0) is 13.7. The molecule has 4 nitrogen and oxygen atoms in total. The molecular weight excluding hydrogens is 243 g/mol. The van der Waals surface area contributed by atoms with Gasteiger partial charge in [0.05, 0.1) is 17.3 Å². The minimum absolute atomic E-state index is 0.314. The third-order valence-electron chi connectivity index (χ3n) is 2.63. The van der Waals surface area contributed by atoms with Crippen molar-refractivity contribution < 1.29 is 4.39 Å². The molecule has 2 rings (SSSR count). The maximum Gasteiger partial charge on any atom is 0.127 e. The summed E-state index contributed by atoms with van der Waals surface area (Å²) < 4.78 is 13.5. The Labute approximate surface area is 110 Å². The van der Waals surface area contributed by atoms with Crippen molar-refractivity contribution in [3.8, 4) is 6.07 Å². The number of nitrogens with zero attached hydrogens (tertiary/aromatic N) is 3. The van der Waals surface area contributed by atoms with E-state index in [1.807, 2.05) is 19.1 Å². The van der Waals surface area contributed by atoms with Crippen molar-refractivity contribution in [1.82, 2.24) is 15.3 Å².